The van der Waals surface area contributed by atoms with Crippen molar-refractivity contribution in [1.82, 2.24) is 9.88 Å². The molecule has 1 aliphatic heterocycles. The Morgan fingerprint density at radius 2 is 1.82 bits per heavy atom. The zero-order chi connectivity index (χ0) is 12.3. The molecule has 2 heterocycles. The van der Waals surface area contributed by atoms with Gasteiger partial charge in [0.1, 0.15) is 0 Å². The normalized spacial score (nSPS) is 16.8. The Bertz CT molecular complexity index is 393. The monoisotopic (exact) mass is 273 g/mol. The fourth-order valence-corrected chi connectivity index (χ4v) is 2.58. The molecule has 0 spiro atoms. The van der Waals surface area contributed by atoms with Gasteiger partial charge in [-0.05, 0) is 6.42 Å². The zero-order valence-electron chi connectivity index (χ0n) is 9.27. The summed E-state index contributed by atoms with van der Waals surface area (Å²) >= 11 is 12.2. The summed E-state index contributed by atoms with van der Waals surface area (Å²) in [5.41, 5.74) is 0.816. The molecule has 0 bridgehead atoms. The third-order valence-electron chi connectivity index (χ3n) is 2.82. The van der Waals surface area contributed by atoms with Gasteiger partial charge in [0.05, 0.1) is 15.7 Å². The van der Waals surface area contributed by atoms with Crippen LogP contribution in [0.15, 0.2) is 12.4 Å². The predicted octanol–water partition coefficient (Wildman–Crippen LogP) is 2.06. The summed E-state index contributed by atoms with van der Waals surface area (Å²) in [7, 11) is 0. The van der Waals surface area contributed by atoms with Gasteiger partial charge in [0.15, 0.2) is 0 Å². The number of nitrogens with zero attached hydrogens (tertiary/aromatic N) is 3. The van der Waals surface area contributed by atoms with Crippen molar-refractivity contribution in [2.24, 2.45) is 0 Å². The fourth-order valence-electron chi connectivity index (χ4n) is 1.97. The summed E-state index contributed by atoms with van der Waals surface area (Å²) in [6.45, 7) is 3.05. The van der Waals surface area contributed by atoms with Crippen LogP contribution in [0.1, 0.15) is 6.42 Å². The summed E-state index contributed by atoms with van der Waals surface area (Å²) < 4.78 is 0. The quantitative estimate of drug-likeness (QED) is 0.774. The van der Waals surface area contributed by atoms with Crippen molar-refractivity contribution >= 4 is 35.3 Å². The van der Waals surface area contributed by atoms with Crippen molar-refractivity contribution in [3.8, 4) is 0 Å². The topological polar surface area (TPSA) is 36.4 Å². The Balaban J connectivity index is 2.19. The standard InChI is InChI=1S/C11H13Cl2N3O/c12-9-6-14-7-10(13)11(9)16-3-1-2-15(8-17)4-5-16/h6-8H,1-5H2. The molecule has 0 atom stereocenters. The van der Waals surface area contributed by atoms with E-state index in [9.17, 15) is 4.79 Å². The maximum absolute atomic E-state index is 10.7. The van der Waals surface area contributed by atoms with Gasteiger partial charge < -0.3 is 9.80 Å². The highest BCUT2D eigenvalue weighted by atomic mass is 35.5. The first kappa shape index (κ1) is 12.5. The van der Waals surface area contributed by atoms with E-state index < -0.39 is 0 Å². The maximum Gasteiger partial charge on any atom is 0.209 e. The minimum Gasteiger partial charge on any atom is -0.367 e. The van der Waals surface area contributed by atoms with Crippen LogP contribution in [0.5, 0.6) is 0 Å². The Morgan fingerprint density at radius 3 is 2.47 bits per heavy atom. The van der Waals surface area contributed by atoms with Gasteiger partial charge in [-0.1, -0.05) is 23.2 Å². The van der Waals surface area contributed by atoms with Gasteiger partial charge in [-0.25, -0.2) is 0 Å². The summed E-state index contributed by atoms with van der Waals surface area (Å²) in [4.78, 5) is 18.5. The SMILES string of the molecule is O=CN1CCCN(c2c(Cl)cncc2Cl)CC1. The van der Waals surface area contributed by atoms with Crippen molar-refractivity contribution in [3.63, 3.8) is 0 Å². The smallest absolute Gasteiger partial charge is 0.209 e. The van der Waals surface area contributed by atoms with Gasteiger partial charge in [0, 0.05) is 38.6 Å². The Labute approximate surface area is 110 Å². The number of aromatic nitrogens is 1. The average Bonchev–Trinajstić information content (AvgIpc) is 2.54. The lowest BCUT2D eigenvalue weighted by molar-refractivity contribution is -0.117. The second-order valence-corrected chi connectivity index (χ2v) is 4.75. The minimum atomic E-state index is 0.553. The number of amides is 1. The van der Waals surface area contributed by atoms with Gasteiger partial charge in [-0.15, -0.1) is 0 Å². The van der Waals surface area contributed by atoms with E-state index in [1.54, 1.807) is 17.3 Å². The van der Waals surface area contributed by atoms with E-state index in [0.717, 1.165) is 38.2 Å². The number of rotatable bonds is 2. The molecule has 17 heavy (non-hydrogen) atoms. The molecule has 4 nitrogen and oxygen atoms in total. The molecule has 6 heteroatoms. The molecular weight excluding hydrogens is 261 g/mol. The first-order valence-corrected chi connectivity index (χ1v) is 6.21. The lowest BCUT2D eigenvalue weighted by Gasteiger charge is -2.24. The second-order valence-electron chi connectivity index (χ2n) is 3.93. The number of carbonyl (C=O) groups excluding carboxylic acids is 1. The number of anilines is 1. The largest absolute Gasteiger partial charge is 0.367 e. The van der Waals surface area contributed by atoms with Crippen LogP contribution in [0.25, 0.3) is 0 Å². The third kappa shape index (κ3) is 2.82. The van der Waals surface area contributed by atoms with Crippen molar-refractivity contribution in [2.45, 2.75) is 6.42 Å². The molecule has 0 unspecified atom stereocenters. The summed E-state index contributed by atoms with van der Waals surface area (Å²) in [5, 5.41) is 1.11. The molecule has 1 fully saturated rings. The first-order valence-electron chi connectivity index (χ1n) is 5.45. The van der Waals surface area contributed by atoms with Crippen LogP contribution in [-0.2, 0) is 4.79 Å². The molecule has 1 amide bonds. The molecule has 1 aliphatic rings. The minimum absolute atomic E-state index is 0.553. The number of hydrogen-bond acceptors (Lipinski definition) is 3. The van der Waals surface area contributed by atoms with Crippen LogP contribution in [0, 0.1) is 0 Å². The lowest BCUT2D eigenvalue weighted by atomic mass is 10.3. The van der Waals surface area contributed by atoms with Crippen molar-refractivity contribution in [1.29, 1.82) is 0 Å². The predicted molar refractivity (Wildman–Crippen MR) is 68.7 cm³/mol. The van der Waals surface area contributed by atoms with Gasteiger partial charge in [0.25, 0.3) is 0 Å². The van der Waals surface area contributed by atoms with Crippen LogP contribution >= 0.6 is 23.2 Å². The van der Waals surface area contributed by atoms with E-state index in [0.29, 0.717) is 16.6 Å². The van der Waals surface area contributed by atoms with E-state index in [1.807, 2.05) is 0 Å². The first-order chi connectivity index (χ1) is 8.22. The number of halogens is 2. The Hall–Kier alpha value is -1.00. The number of pyridine rings is 1. The fraction of sp³-hybridized carbons (Fsp3) is 0.455. The van der Waals surface area contributed by atoms with E-state index in [1.165, 1.54) is 0 Å². The number of carbonyl (C=O) groups is 1. The van der Waals surface area contributed by atoms with Gasteiger partial charge in [-0.2, -0.15) is 0 Å². The molecule has 1 saturated heterocycles. The zero-order valence-corrected chi connectivity index (χ0v) is 10.8. The lowest BCUT2D eigenvalue weighted by Crippen LogP contribution is -2.30. The van der Waals surface area contributed by atoms with Crippen molar-refractivity contribution in [2.75, 3.05) is 31.1 Å². The van der Waals surface area contributed by atoms with Gasteiger partial charge in [-0.3, -0.25) is 9.78 Å². The van der Waals surface area contributed by atoms with E-state index in [-0.39, 0.29) is 0 Å². The van der Waals surface area contributed by atoms with E-state index in [2.05, 4.69) is 9.88 Å². The second kappa shape index (κ2) is 5.56. The van der Waals surface area contributed by atoms with Crippen molar-refractivity contribution in [3.05, 3.63) is 22.4 Å². The molecule has 1 aromatic heterocycles. The Kier molecular flexibility index (Phi) is 4.07. The molecule has 92 valence electrons. The molecule has 2 rings (SSSR count). The van der Waals surface area contributed by atoms with Crippen LogP contribution in [0.3, 0.4) is 0 Å². The molecular formula is C11H13Cl2N3O. The Morgan fingerprint density at radius 1 is 1.12 bits per heavy atom. The molecule has 0 aromatic carbocycles. The number of hydrogen-bond donors (Lipinski definition) is 0. The van der Waals surface area contributed by atoms with Crippen LogP contribution in [0.2, 0.25) is 10.0 Å². The molecule has 1 aromatic rings. The summed E-state index contributed by atoms with van der Waals surface area (Å²) in [6.07, 6.45) is 4.98. The van der Waals surface area contributed by atoms with Crippen LogP contribution < -0.4 is 4.90 Å². The highest BCUT2D eigenvalue weighted by Crippen LogP contribution is 2.32. The summed E-state index contributed by atoms with van der Waals surface area (Å²) in [6, 6.07) is 0. The third-order valence-corrected chi connectivity index (χ3v) is 3.38. The average molecular weight is 274 g/mol. The van der Waals surface area contributed by atoms with Crippen LogP contribution in [-0.4, -0.2) is 42.5 Å². The van der Waals surface area contributed by atoms with Crippen LogP contribution in [0.4, 0.5) is 5.69 Å². The molecule has 0 saturated carbocycles. The molecule has 0 radical (unpaired) electrons. The molecule has 0 aliphatic carbocycles. The highest BCUT2D eigenvalue weighted by molar-refractivity contribution is 6.38. The highest BCUT2D eigenvalue weighted by Gasteiger charge is 2.18. The van der Waals surface area contributed by atoms with Gasteiger partial charge in [0.2, 0.25) is 6.41 Å². The van der Waals surface area contributed by atoms with E-state index in [4.69, 9.17) is 23.2 Å². The van der Waals surface area contributed by atoms with Gasteiger partial charge >= 0.3 is 0 Å². The van der Waals surface area contributed by atoms with Crippen molar-refractivity contribution < 1.29 is 4.79 Å². The summed E-state index contributed by atoms with van der Waals surface area (Å²) in [5.74, 6) is 0. The maximum atomic E-state index is 10.7. The van der Waals surface area contributed by atoms with E-state index >= 15 is 0 Å². The molecule has 0 N–H and O–H groups in total.